The number of ketones is 1. The van der Waals surface area contributed by atoms with Gasteiger partial charge in [-0.15, -0.1) is 0 Å². The SMILES string of the molecule is Cn1c(=O)n(C)c2cc(C(=O)C=Cc3ncccn3)ccc21. The summed E-state index contributed by atoms with van der Waals surface area (Å²) in [6.07, 6.45) is 6.22. The molecule has 0 aliphatic carbocycles. The third-order valence-corrected chi connectivity index (χ3v) is 3.53. The van der Waals surface area contributed by atoms with Crippen LogP contribution in [-0.2, 0) is 14.1 Å². The number of carbonyl (C=O) groups excluding carboxylic acids is 1. The van der Waals surface area contributed by atoms with Gasteiger partial charge in [-0.3, -0.25) is 13.9 Å². The average Bonchev–Trinajstić information content (AvgIpc) is 2.78. The van der Waals surface area contributed by atoms with Crippen LogP contribution in [0.5, 0.6) is 0 Å². The zero-order valence-corrected chi connectivity index (χ0v) is 12.2. The first-order valence-electron chi connectivity index (χ1n) is 6.73. The Balaban J connectivity index is 1.97. The molecule has 0 bridgehead atoms. The monoisotopic (exact) mass is 294 g/mol. The number of hydrogen-bond acceptors (Lipinski definition) is 4. The highest BCUT2D eigenvalue weighted by Crippen LogP contribution is 2.15. The summed E-state index contributed by atoms with van der Waals surface area (Å²) in [4.78, 5) is 32.2. The number of nitrogens with zero attached hydrogens (tertiary/aromatic N) is 4. The van der Waals surface area contributed by atoms with E-state index in [-0.39, 0.29) is 11.5 Å². The molecule has 6 heteroatoms. The highest BCUT2D eigenvalue weighted by molar-refractivity contribution is 6.08. The molecule has 2 aromatic heterocycles. The molecule has 3 aromatic rings. The maximum Gasteiger partial charge on any atom is 0.328 e. The molecule has 110 valence electrons. The molecule has 0 unspecified atom stereocenters. The van der Waals surface area contributed by atoms with Crippen molar-refractivity contribution in [3.05, 3.63) is 64.6 Å². The van der Waals surface area contributed by atoms with Gasteiger partial charge in [0.05, 0.1) is 11.0 Å². The van der Waals surface area contributed by atoms with E-state index in [0.29, 0.717) is 11.4 Å². The predicted octanol–water partition coefficient (Wildman–Crippen LogP) is 1.56. The van der Waals surface area contributed by atoms with Crippen molar-refractivity contribution < 1.29 is 4.79 Å². The molecule has 0 fully saturated rings. The summed E-state index contributed by atoms with van der Waals surface area (Å²) >= 11 is 0. The molecule has 0 radical (unpaired) electrons. The second kappa shape index (κ2) is 5.40. The molecule has 0 saturated carbocycles. The van der Waals surface area contributed by atoms with Crippen molar-refractivity contribution in [3.63, 3.8) is 0 Å². The third kappa shape index (κ3) is 2.35. The lowest BCUT2D eigenvalue weighted by Gasteiger charge is -1.99. The van der Waals surface area contributed by atoms with Crippen LogP contribution >= 0.6 is 0 Å². The average molecular weight is 294 g/mol. The Morgan fingerprint density at radius 1 is 1.09 bits per heavy atom. The van der Waals surface area contributed by atoms with E-state index < -0.39 is 0 Å². The predicted molar refractivity (Wildman–Crippen MR) is 83.6 cm³/mol. The van der Waals surface area contributed by atoms with Crippen LogP contribution in [0.3, 0.4) is 0 Å². The van der Waals surface area contributed by atoms with E-state index in [9.17, 15) is 9.59 Å². The first-order valence-corrected chi connectivity index (χ1v) is 6.73. The molecular weight excluding hydrogens is 280 g/mol. The van der Waals surface area contributed by atoms with Crippen molar-refractivity contribution in [2.45, 2.75) is 0 Å². The van der Waals surface area contributed by atoms with Crippen LogP contribution in [0.15, 0.2) is 47.5 Å². The Bertz CT molecular complexity index is 936. The first kappa shape index (κ1) is 13.9. The van der Waals surface area contributed by atoms with Crippen LogP contribution in [-0.4, -0.2) is 24.9 Å². The molecule has 0 aliphatic rings. The fourth-order valence-electron chi connectivity index (χ4n) is 2.30. The highest BCUT2D eigenvalue weighted by atomic mass is 16.1. The standard InChI is InChI=1S/C16H14N4O2/c1-19-12-5-4-11(10-13(12)20(2)16(19)22)14(21)6-7-15-17-8-3-9-18-15/h3-10H,1-2H3. The molecule has 2 heterocycles. The zero-order valence-electron chi connectivity index (χ0n) is 12.2. The van der Waals surface area contributed by atoms with E-state index in [2.05, 4.69) is 9.97 Å². The van der Waals surface area contributed by atoms with Gasteiger partial charge in [-0.2, -0.15) is 0 Å². The fourth-order valence-corrected chi connectivity index (χ4v) is 2.30. The minimum atomic E-state index is -0.161. The Morgan fingerprint density at radius 2 is 1.77 bits per heavy atom. The third-order valence-electron chi connectivity index (χ3n) is 3.53. The molecule has 0 saturated heterocycles. The summed E-state index contributed by atoms with van der Waals surface area (Å²) < 4.78 is 3.08. The number of carbonyl (C=O) groups is 1. The maximum atomic E-state index is 12.2. The Hall–Kier alpha value is -3.02. The molecule has 0 amide bonds. The van der Waals surface area contributed by atoms with Gasteiger partial charge in [-0.05, 0) is 36.4 Å². The quantitative estimate of drug-likeness (QED) is 0.543. The number of fused-ring (bicyclic) bond motifs is 1. The van der Waals surface area contributed by atoms with E-state index in [4.69, 9.17) is 0 Å². The summed E-state index contributed by atoms with van der Waals surface area (Å²) in [7, 11) is 3.39. The number of aryl methyl sites for hydroxylation is 2. The summed E-state index contributed by atoms with van der Waals surface area (Å²) in [5, 5.41) is 0. The second-order valence-corrected chi connectivity index (χ2v) is 4.91. The van der Waals surface area contributed by atoms with Gasteiger partial charge < -0.3 is 0 Å². The van der Waals surface area contributed by atoms with Crippen LogP contribution in [0.4, 0.5) is 0 Å². The maximum absolute atomic E-state index is 12.2. The summed E-state index contributed by atoms with van der Waals surface area (Å²) in [5.74, 6) is 0.315. The lowest BCUT2D eigenvalue weighted by Crippen LogP contribution is -2.19. The van der Waals surface area contributed by atoms with Crippen molar-refractivity contribution in [2.24, 2.45) is 14.1 Å². The van der Waals surface area contributed by atoms with Gasteiger partial charge in [-0.1, -0.05) is 0 Å². The van der Waals surface area contributed by atoms with Gasteiger partial charge in [0, 0.05) is 32.1 Å². The van der Waals surface area contributed by atoms with E-state index in [1.165, 1.54) is 10.6 Å². The van der Waals surface area contributed by atoms with Crippen LogP contribution in [0.25, 0.3) is 17.1 Å². The van der Waals surface area contributed by atoms with Crippen molar-refractivity contribution in [3.8, 4) is 0 Å². The van der Waals surface area contributed by atoms with Crippen molar-refractivity contribution in [1.82, 2.24) is 19.1 Å². The van der Waals surface area contributed by atoms with Crippen molar-refractivity contribution >= 4 is 22.9 Å². The Morgan fingerprint density at radius 3 is 2.50 bits per heavy atom. The van der Waals surface area contributed by atoms with Gasteiger partial charge >= 0.3 is 5.69 Å². The number of hydrogen-bond donors (Lipinski definition) is 0. The molecule has 0 N–H and O–H groups in total. The highest BCUT2D eigenvalue weighted by Gasteiger charge is 2.10. The Labute approximate surface area is 126 Å². The van der Waals surface area contributed by atoms with Crippen LogP contribution in [0.2, 0.25) is 0 Å². The van der Waals surface area contributed by atoms with Crippen LogP contribution in [0.1, 0.15) is 16.2 Å². The topological polar surface area (TPSA) is 69.8 Å². The summed E-state index contributed by atoms with van der Waals surface area (Å²) in [6, 6.07) is 6.91. The van der Waals surface area contributed by atoms with E-state index >= 15 is 0 Å². The minimum absolute atomic E-state index is 0.118. The normalized spacial score (nSPS) is 11.4. The number of benzene rings is 1. The van der Waals surface area contributed by atoms with Crippen molar-refractivity contribution in [2.75, 3.05) is 0 Å². The fraction of sp³-hybridized carbons (Fsp3) is 0.125. The molecule has 0 aliphatic heterocycles. The lowest BCUT2D eigenvalue weighted by atomic mass is 10.1. The summed E-state index contributed by atoms with van der Waals surface area (Å²) in [5.41, 5.74) is 1.91. The van der Waals surface area contributed by atoms with Gasteiger partial charge in [0.1, 0.15) is 0 Å². The molecular formula is C16H14N4O2. The van der Waals surface area contributed by atoms with Gasteiger partial charge in [-0.25, -0.2) is 14.8 Å². The minimum Gasteiger partial charge on any atom is -0.295 e. The van der Waals surface area contributed by atoms with Crippen molar-refractivity contribution in [1.29, 1.82) is 0 Å². The molecule has 1 aromatic carbocycles. The number of allylic oxidation sites excluding steroid dienone is 1. The van der Waals surface area contributed by atoms with E-state index in [0.717, 1.165) is 11.0 Å². The Kier molecular flexibility index (Phi) is 3.42. The molecule has 22 heavy (non-hydrogen) atoms. The zero-order chi connectivity index (χ0) is 15.7. The van der Waals surface area contributed by atoms with E-state index in [1.54, 1.807) is 61.4 Å². The number of aromatic nitrogens is 4. The first-order chi connectivity index (χ1) is 10.6. The van der Waals surface area contributed by atoms with Gasteiger partial charge in [0.15, 0.2) is 11.6 Å². The van der Waals surface area contributed by atoms with Gasteiger partial charge in [0.25, 0.3) is 0 Å². The molecule has 3 rings (SSSR count). The molecule has 0 spiro atoms. The smallest absolute Gasteiger partial charge is 0.295 e. The number of imidazole rings is 1. The van der Waals surface area contributed by atoms with Crippen LogP contribution in [0, 0.1) is 0 Å². The molecule has 6 nitrogen and oxygen atoms in total. The van der Waals surface area contributed by atoms with E-state index in [1.807, 2.05) is 0 Å². The van der Waals surface area contributed by atoms with Gasteiger partial charge in [0.2, 0.25) is 0 Å². The largest absolute Gasteiger partial charge is 0.328 e. The lowest BCUT2D eigenvalue weighted by molar-refractivity contribution is 0.104. The number of rotatable bonds is 3. The summed E-state index contributed by atoms with van der Waals surface area (Å²) in [6.45, 7) is 0. The second-order valence-electron chi connectivity index (χ2n) is 4.91. The molecule has 0 atom stereocenters. The van der Waals surface area contributed by atoms with Crippen LogP contribution < -0.4 is 5.69 Å².